The molecule has 3 heterocycles. The molecular weight excluding hydrogens is 232 g/mol. The highest BCUT2D eigenvalue weighted by atomic mass is 16.5. The van der Waals surface area contributed by atoms with Crippen LogP contribution in [0.2, 0.25) is 0 Å². The molecule has 6 nitrogen and oxygen atoms in total. The van der Waals surface area contributed by atoms with Crippen molar-refractivity contribution in [2.24, 2.45) is 0 Å². The Bertz CT molecular complexity index is 669. The summed E-state index contributed by atoms with van der Waals surface area (Å²) in [6.07, 6.45) is 3.18. The Morgan fingerprint density at radius 1 is 1.22 bits per heavy atom. The predicted octanol–water partition coefficient (Wildman–Crippen LogP) is 2.28. The summed E-state index contributed by atoms with van der Waals surface area (Å²) in [5.74, 6) is 2.09. The fraction of sp³-hybridized carbons (Fsp3) is 0.0833. The van der Waals surface area contributed by atoms with Gasteiger partial charge in [-0.2, -0.15) is 4.98 Å². The molecule has 90 valence electrons. The van der Waals surface area contributed by atoms with E-state index in [1.807, 2.05) is 6.92 Å². The number of hydrogen-bond donors (Lipinski definition) is 1. The van der Waals surface area contributed by atoms with E-state index in [0.29, 0.717) is 17.5 Å². The Hall–Kier alpha value is -2.63. The number of furan rings is 1. The zero-order valence-electron chi connectivity index (χ0n) is 9.62. The van der Waals surface area contributed by atoms with Crippen LogP contribution in [0, 0.1) is 6.92 Å². The normalized spacial score (nSPS) is 10.7. The third kappa shape index (κ3) is 1.73. The number of anilines is 1. The van der Waals surface area contributed by atoms with E-state index in [1.54, 1.807) is 30.7 Å². The van der Waals surface area contributed by atoms with Crippen molar-refractivity contribution < 1.29 is 8.94 Å². The molecule has 6 heteroatoms. The van der Waals surface area contributed by atoms with Gasteiger partial charge in [0.15, 0.2) is 0 Å². The average Bonchev–Trinajstić information content (AvgIpc) is 2.98. The van der Waals surface area contributed by atoms with Crippen molar-refractivity contribution in [3.63, 3.8) is 0 Å². The maximum Gasteiger partial charge on any atom is 0.259 e. The summed E-state index contributed by atoms with van der Waals surface area (Å²) in [7, 11) is 0. The molecule has 0 bridgehead atoms. The highest BCUT2D eigenvalue weighted by molar-refractivity contribution is 5.60. The van der Waals surface area contributed by atoms with Crippen molar-refractivity contribution in [1.82, 2.24) is 15.1 Å². The SMILES string of the molecule is Cc1occc1-c1noc(-c2ccc(N)nc2)n1. The largest absolute Gasteiger partial charge is 0.469 e. The number of rotatable bonds is 2. The summed E-state index contributed by atoms with van der Waals surface area (Å²) in [5.41, 5.74) is 7.06. The molecule has 0 spiro atoms. The molecule has 0 saturated heterocycles. The first-order valence-corrected chi connectivity index (χ1v) is 5.34. The van der Waals surface area contributed by atoms with Gasteiger partial charge < -0.3 is 14.7 Å². The number of nitrogens with two attached hydrogens (primary N) is 1. The quantitative estimate of drug-likeness (QED) is 0.741. The second-order valence-corrected chi connectivity index (χ2v) is 3.79. The number of aryl methyl sites for hydroxylation is 1. The lowest BCUT2D eigenvalue weighted by Gasteiger charge is -1.93. The lowest BCUT2D eigenvalue weighted by Crippen LogP contribution is -1.89. The maximum atomic E-state index is 5.52. The van der Waals surface area contributed by atoms with Crippen LogP contribution in [0.1, 0.15) is 5.76 Å². The van der Waals surface area contributed by atoms with Gasteiger partial charge in [0.25, 0.3) is 5.89 Å². The molecule has 2 N–H and O–H groups in total. The Morgan fingerprint density at radius 2 is 2.11 bits per heavy atom. The molecule has 0 amide bonds. The van der Waals surface area contributed by atoms with Crippen LogP contribution < -0.4 is 5.73 Å². The molecule has 0 saturated carbocycles. The van der Waals surface area contributed by atoms with Crippen LogP contribution in [0.4, 0.5) is 5.82 Å². The van der Waals surface area contributed by atoms with E-state index in [4.69, 9.17) is 14.7 Å². The zero-order valence-corrected chi connectivity index (χ0v) is 9.62. The van der Waals surface area contributed by atoms with Gasteiger partial charge in [-0.1, -0.05) is 5.16 Å². The number of aromatic nitrogens is 3. The first-order valence-electron chi connectivity index (χ1n) is 5.34. The van der Waals surface area contributed by atoms with Crippen LogP contribution in [-0.2, 0) is 0 Å². The molecule has 3 rings (SSSR count). The zero-order chi connectivity index (χ0) is 12.5. The van der Waals surface area contributed by atoms with Gasteiger partial charge >= 0.3 is 0 Å². The Kier molecular flexibility index (Phi) is 2.33. The van der Waals surface area contributed by atoms with Gasteiger partial charge in [0.05, 0.1) is 17.4 Å². The average molecular weight is 242 g/mol. The highest BCUT2D eigenvalue weighted by Gasteiger charge is 2.13. The highest BCUT2D eigenvalue weighted by Crippen LogP contribution is 2.24. The molecule has 0 aliphatic heterocycles. The van der Waals surface area contributed by atoms with Gasteiger partial charge in [-0.15, -0.1) is 0 Å². The van der Waals surface area contributed by atoms with Gasteiger partial charge in [-0.05, 0) is 25.1 Å². The van der Waals surface area contributed by atoms with Crippen LogP contribution in [0.3, 0.4) is 0 Å². The number of nitrogens with zero attached hydrogens (tertiary/aromatic N) is 3. The molecule has 0 radical (unpaired) electrons. The van der Waals surface area contributed by atoms with Crippen molar-refractivity contribution in [3.8, 4) is 22.8 Å². The van der Waals surface area contributed by atoms with Crippen LogP contribution in [-0.4, -0.2) is 15.1 Å². The van der Waals surface area contributed by atoms with Crippen molar-refractivity contribution >= 4 is 5.82 Å². The maximum absolute atomic E-state index is 5.52. The Labute approximate surface area is 102 Å². The van der Waals surface area contributed by atoms with Gasteiger partial charge in [0, 0.05) is 6.20 Å². The van der Waals surface area contributed by atoms with Crippen molar-refractivity contribution in [3.05, 3.63) is 36.4 Å². The smallest absolute Gasteiger partial charge is 0.259 e. The second kappa shape index (κ2) is 3.99. The summed E-state index contributed by atoms with van der Waals surface area (Å²) >= 11 is 0. The van der Waals surface area contributed by atoms with E-state index in [9.17, 15) is 0 Å². The molecule has 0 aromatic carbocycles. The van der Waals surface area contributed by atoms with Gasteiger partial charge in [-0.3, -0.25) is 0 Å². The fourth-order valence-corrected chi connectivity index (χ4v) is 1.60. The molecule has 0 fully saturated rings. The van der Waals surface area contributed by atoms with E-state index in [2.05, 4.69) is 15.1 Å². The van der Waals surface area contributed by atoms with E-state index >= 15 is 0 Å². The number of pyridine rings is 1. The van der Waals surface area contributed by atoms with Crippen LogP contribution in [0.25, 0.3) is 22.8 Å². The molecule has 3 aromatic rings. The minimum Gasteiger partial charge on any atom is -0.469 e. The third-order valence-corrected chi connectivity index (χ3v) is 2.56. The first-order chi connectivity index (χ1) is 8.74. The lowest BCUT2D eigenvalue weighted by molar-refractivity contribution is 0.432. The van der Waals surface area contributed by atoms with Crippen molar-refractivity contribution in [1.29, 1.82) is 0 Å². The Balaban J connectivity index is 1.99. The second-order valence-electron chi connectivity index (χ2n) is 3.79. The molecule has 0 aliphatic carbocycles. The summed E-state index contributed by atoms with van der Waals surface area (Å²) in [6, 6.07) is 5.26. The van der Waals surface area contributed by atoms with E-state index < -0.39 is 0 Å². The minimum absolute atomic E-state index is 0.401. The van der Waals surface area contributed by atoms with E-state index in [1.165, 1.54) is 0 Å². The summed E-state index contributed by atoms with van der Waals surface area (Å²) in [4.78, 5) is 8.27. The van der Waals surface area contributed by atoms with Gasteiger partial charge in [-0.25, -0.2) is 4.98 Å². The standard InChI is InChI=1S/C12H10N4O2/c1-7-9(4-5-17-7)11-15-12(18-16-11)8-2-3-10(13)14-6-8/h2-6H,1H3,(H2,13,14). The molecule has 3 aromatic heterocycles. The molecule has 0 atom stereocenters. The molecular formula is C12H10N4O2. The van der Waals surface area contributed by atoms with Crippen LogP contribution in [0.15, 0.2) is 39.6 Å². The molecule has 18 heavy (non-hydrogen) atoms. The predicted molar refractivity (Wildman–Crippen MR) is 64.4 cm³/mol. The van der Waals surface area contributed by atoms with Gasteiger partial charge in [0.1, 0.15) is 11.6 Å². The van der Waals surface area contributed by atoms with Crippen molar-refractivity contribution in [2.75, 3.05) is 5.73 Å². The van der Waals surface area contributed by atoms with Gasteiger partial charge in [0.2, 0.25) is 5.82 Å². The Morgan fingerprint density at radius 3 is 2.78 bits per heavy atom. The third-order valence-electron chi connectivity index (χ3n) is 2.56. The summed E-state index contributed by atoms with van der Waals surface area (Å²) in [5, 5.41) is 3.91. The number of hydrogen-bond acceptors (Lipinski definition) is 6. The van der Waals surface area contributed by atoms with E-state index in [-0.39, 0.29) is 0 Å². The minimum atomic E-state index is 0.401. The van der Waals surface area contributed by atoms with Crippen LogP contribution >= 0.6 is 0 Å². The first kappa shape index (κ1) is 10.5. The summed E-state index contributed by atoms with van der Waals surface area (Å²) < 4.78 is 10.4. The van der Waals surface area contributed by atoms with Crippen molar-refractivity contribution in [2.45, 2.75) is 6.92 Å². The van der Waals surface area contributed by atoms with E-state index in [0.717, 1.165) is 16.9 Å². The van der Waals surface area contributed by atoms with Crippen LogP contribution in [0.5, 0.6) is 0 Å². The molecule has 0 unspecified atom stereocenters. The lowest BCUT2D eigenvalue weighted by atomic mass is 10.2. The monoisotopic (exact) mass is 242 g/mol. The fourth-order valence-electron chi connectivity index (χ4n) is 1.60. The molecule has 0 aliphatic rings. The topological polar surface area (TPSA) is 91.0 Å². The number of nitrogen functional groups attached to an aromatic ring is 1. The summed E-state index contributed by atoms with van der Waals surface area (Å²) in [6.45, 7) is 1.84.